The summed E-state index contributed by atoms with van der Waals surface area (Å²) in [5.74, 6) is 1.51. The van der Waals surface area contributed by atoms with E-state index in [0.717, 1.165) is 37.4 Å². The third kappa shape index (κ3) is 2.79. The first-order valence-corrected chi connectivity index (χ1v) is 5.42. The van der Waals surface area contributed by atoms with Gasteiger partial charge < -0.3 is 14.5 Å². The van der Waals surface area contributed by atoms with Gasteiger partial charge in [0.05, 0.1) is 11.8 Å². The zero-order chi connectivity index (χ0) is 10.8. The Bertz CT molecular complexity index is 318. The molecule has 1 fully saturated rings. The Kier molecular flexibility index (Phi) is 3.07. The van der Waals surface area contributed by atoms with E-state index in [1.807, 2.05) is 13.0 Å². The second kappa shape index (κ2) is 4.33. The quantitative estimate of drug-likeness (QED) is 0.811. The first-order valence-electron chi connectivity index (χ1n) is 5.42. The van der Waals surface area contributed by atoms with Crippen molar-refractivity contribution in [1.82, 2.24) is 10.1 Å². The highest BCUT2D eigenvalue weighted by molar-refractivity contribution is 5.03. The average Bonchev–Trinajstić information content (AvgIpc) is 2.48. The molecule has 2 rings (SSSR count). The molecule has 4 nitrogen and oxygen atoms in total. The molecule has 0 bridgehead atoms. The molecule has 1 aliphatic rings. The van der Waals surface area contributed by atoms with Crippen LogP contribution in [0.2, 0.25) is 0 Å². The Labute approximate surface area is 89.9 Å². The van der Waals surface area contributed by atoms with Crippen LogP contribution in [0.4, 0.5) is 0 Å². The molecule has 84 valence electrons. The lowest BCUT2D eigenvalue weighted by atomic mass is 9.82. The summed E-state index contributed by atoms with van der Waals surface area (Å²) in [6.45, 7) is 3.76. The highest BCUT2D eigenvalue weighted by atomic mass is 16.5. The first kappa shape index (κ1) is 10.6. The van der Waals surface area contributed by atoms with Crippen LogP contribution in [0, 0.1) is 12.8 Å². The minimum Gasteiger partial charge on any atom is -0.393 e. The minimum atomic E-state index is -0.0577. The Morgan fingerprint density at radius 2 is 2.33 bits per heavy atom. The molecule has 0 saturated heterocycles. The monoisotopic (exact) mass is 210 g/mol. The molecule has 1 aromatic rings. The molecular formula is C11H18N2O2. The Morgan fingerprint density at radius 3 is 2.87 bits per heavy atom. The van der Waals surface area contributed by atoms with E-state index in [-0.39, 0.29) is 6.10 Å². The van der Waals surface area contributed by atoms with Crippen molar-refractivity contribution < 1.29 is 9.63 Å². The summed E-state index contributed by atoms with van der Waals surface area (Å²) >= 11 is 0. The summed E-state index contributed by atoms with van der Waals surface area (Å²) in [7, 11) is 2.08. The zero-order valence-corrected chi connectivity index (χ0v) is 9.31. The van der Waals surface area contributed by atoms with Gasteiger partial charge in [0.15, 0.2) is 0 Å². The summed E-state index contributed by atoms with van der Waals surface area (Å²) in [5.41, 5.74) is 0.981. The molecule has 1 heterocycles. The van der Waals surface area contributed by atoms with Crippen molar-refractivity contribution in [1.29, 1.82) is 0 Å². The zero-order valence-electron chi connectivity index (χ0n) is 9.31. The molecular weight excluding hydrogens is 192 g/mol. The van der Waals surface area contributed by atoms with Gasteiger partial charge in [0.1, 0.15) is 5.76 Å². The average molecular weight is 210 g/mol. The maximum Gasteiger partial charge on any atom is 0.133 e. The van der Waals surface area contributed by atoms with E-state index in [4.69, 9.17) is 4.52 Å². The lowest BCUT2D eigenvalue weighted by molar-refractivity contribution is 0.0271. The number of aromatic nitrogens is 1. The topological polar surface area (TPSA) is 49.5 Å². The summed E-state index contributed by atoms with van der Waals surface area (Å²) in [6.07, 6.45) is 1.84. The van der Waals surface area contributed by atoms with E-state index in [1.165, 1.54) is 0 Å². The molecule has 0 atom stereocenters. The highest BCUT2D eigenvalue weighted by Gasteiger charge is 2.27. The van der Waals surface area contributed by atoms with Crippen LogP contribution in [-0.2, 0) is 6.54 Å². The van der Waals surface area contributed by atoms with Gasteiger partial charge in [-0.05, 0) is 32.7 Å². The van der Waals surface area contributed by atoms with Crippen LogP contribution in [0.25, 0.3) is 0 Å². The summed E-state index contributed by atoms with van der Waals surface area (Å²) < 4.78 is 5.01. The minimum absolute atomic E-state index is 0.0577. The first-order chi connectivity index (χ1) is 7.13. The third-order valence-corrected chi connectivity index (χ3v) is 2.89. The standard InChI is InChI=1S/C11H18N2O2/c1-8-3-10(12-15-8)7-13(2)6-9-4-11(14)5-9/h3,9,11,14H,4-7H2,1-2H3. The van der Waals surface area contributed by atoms with Gasteiger partial charge in [0.25, 0.3) is 0 Å². The molecule has 1 saturated carbocycles. The molecule has 0 amide bonds. The Balaban J connectivity index is 1.75. The van der Waals surface area contributed by atoms with Crippen LogP contribution in [0.1, 0.15) is 24.3 Å². The molecule has 0 aromatic carbocycles. The van der Waals surface area contributed by atoms with Crippen molar-refractivity contribution in [3.05, 3.63) is 17.5 Å². The van der Waals surface area contributed by atoms with Gasteiger partial charge >= 0.3 is 0 Å². The second-order valence-electron chi connectivity index (χ2n) is 4.62. The van der Waals surface area contributed by atoms with Crippen LogP contribution in [0.15, 0.2) is 10.6 Å². The number of aryl methyl sites for hydroxylation is 1. The number of aliphatic hydroxyl groups is 1. The fourth-order valence-corrected chi connectivity index (χ4v) is 2.12. The van der Waals surface area contributed by atoms with Gasteiger partial charge in [-0.1, -0.05) is 5.16 Å². The van der Waals surface area contributed by atoms with Crippen molar-refractivity contribution in [2.75, 3.05) is 13.6 Å². The molecule has 0 aliphatic heterocycles. The van der Waals surface area contributed by atoms with E-state index < -0.39 is 0 Å². The Hall–Kier alpha value is -0.870. The number of hydrogen-bond donors (Lipinski definition) is 1. The van der Waals surface area contributed by atoms with Gasteiger partial charge in [0.2, 0.25) is 0 Å². The molecule has 15 heavy (non-hydrogen) atoms. The van der Waals surface area contributed by atoms with Gasteiger partial charge in [-0.15, -0.1) is 0 Å². The predicted molar refractivity (Wildman–Crippen MR) is 56.3 cm³/mol. The molecule has 0 spiro atoms. The number of nitrogens with zero attached hydrogens (tertiary/aromatic N) is 2. The van der Waals surface area contributed by atoms with E-state index >= 15 is 0 Å². The summed E-state index contributed by atoms with van der Waals surface area (Å²) in [6, 6.07) is 1.96. The van der Waals surface area contributed by atoms with Crippen LogP contribution in [0.5, 0.6) is 0 Å². The van der Waals surface area contributed by atoms with Gasteiger partial charge in [-0.3, -0.25) is 0 Å². The van der Waals surface area contributed by atoms with Crippen molar-refractivity contribution in [2.24, 2.45) is 5.92 Å². The molecule has 0 radical (unpaired) electrons. The maximum atomic E-state index is 9.18. The van der Waals surface area contributed by atoms with Crippen LogP contribution in [-0.4, -0.2) is 34.9 Å². The maximum absolute atomic E-state index is 9.18. The van der Waals surface area contributed by atoms with Gasteiger partial charge in [-0.2, -0.15) is 0 Å². The fourth-order valence-electron chi connectivity index (χ4n) is 2.12. The van der Waals surface area contributed by atoms with Crippen LogP contribution >= 0.6 is 0 Å². The third-order valence-electron chi connectivity index (χ3n) is 2.89. The molecule has 0 unspecified atom stereocenters. The van der Waals surface area contributed by atoms with E-state index in [0.29, 0.717) is 5.92 Å². The van der Waals surface area contributed by atoms with E-state index in [1.54, 1.807) is 0 Å². The molecule has 1 aromatic heterocycles. The number of hydrogen-bond acceptors (Lipinski definition) is 4. The van der Waals surface area contributed by atoms with Crippen molar-refractivity contribution in [2.45, 2.75) is 32.4 Å². The Morgan fingerprint density at radius 1 is 1.60 bits per heavy atom. The van der Waals surface area contributed by atoms with E-state index in [2.05, 4.69) is 17.1 Å². The normalized spacial score (nSPS) is 25.6. The van der Waals surface area contributed by atoms with Crippen molar-refractivity contribution in [3.63, 3.8) is 0 Å². The van der Waals surface area contributed by atoms with E-state index in [9.17, 15) is 5.11 Å². The number of rotatable bonds is 4. The lowest BCUT2D eigenvalue weighted by Gasteiger charge is -2.34. The largest absolute Gasteiger partial charge is 0.393 e. The molecule has 4 heteroatoms. The van der Waals surface area contributed by atoms with Crippen LogP contribution in [0.3, 0.4) is 0 Å². The van der Waals surface area contributed by atoms with Crippen molar-refractivity contribution >= 4 is 0 Å². The van der Waals surface area contributed by atoms with Crippen LogP contribution < -0.4 is 0 Å². The van der Waals surface area contributed by atoms with Gasteiger partial charge in [-0.25, -0.2) is 0 Å². The number of aliphatic hydroxyl groups excluding tert-OH is 1. The summed E-state index contributed by atoms with van der Waals surface area (Å²) in [5, 5.41) is 13.1. The SMILES string of the molecule is Cc1cc(CN(C)CC2CC(O)C2)no1. The molecule has 1 N–H and O–H groups in total. The summed E-state index contributed by atoms with van der Waals surface area (Å²) in [4.78, 5) is 2.23. The van der Waals surface area contributed by atoms with Gasteiger partial charge in [0, 0.05) is 19.2 Å². The smallest absolute Gasteiger partial charge is 0.133 e. The highest BCUT2D eigenvalue weighted by Crippen LogP contribution is 2.27. The molecule has 1 aliphatic carbocycles. The fraction of sp³-hybridized carbons (Fsp3) is 0.727. The second-order valence-corrected chi connectivity index (χ2v) is 4.62. The predicted octanol–water partition coefficient (Wildman–Crippen LogP) is 1.19. The lowest BCUT2D eigenvalue weighted by Crippen LogP contribution is -2.36. The van der Waals surface area contributed by atoms with Crippen molar-refractivity contribution in [3.8, 4) is 0 Å².